The van der Waals surface area contributed by atoms with Gasteiger partial charge in [-0.1, -0.05) is 32.4 Å². The molecule has 5 aliphatic rings. The van der Waals surface area contributed by atoms with E-state index in [4.69, 9.17) is 0 Å². The summed E-state index contributed by atoms with van der Waals surface area (Å²) in [4.78, 5) is 17.6. The highest BCUT2D eigenvalue weighted by Crippen LogP contribution is 2.67. The summed E-state index contributed by atoms with van der Waals surface area (Å²) in [5.74, 6) is 4.14. The maximum absolute atomic E-state index is 13.2. The zero-order valence-electron chi connectivity index (χ0n) is 24.2. The highest BCUT2D eigenvalue weighted by molar-refractivity contribution is 5.76. The molecule has 0 spiro atoms. The third kappa shape index (κ3) is 4.43. The molecule has 1 saturated heterocycles. The van der Waals surface area contributed by atoms with E-state index in [-0.39, 0.29) is 6.10 Å². The number of aliphatic hydroxyl groups is 1. The van der Waals surface area contributed by atoms with E-state index >= 15 is 0 Å². The minimum absolute atomic E-state index is 0.121. The molecule has 1 N–H and O–H groups in total. The molecule has 1 aromatic rings. The lowest BCUT2D eigenvalue weighted by molar-refractivity contribution is -0.132. The van der Waals surface area contributed by atoms with Gasteiger partial charge >= 0.3 is 0 Å². The molecular weight excluding hydrogens is 472 g/mol. The van der Waals surface area contributed by atoms with Crippen LogP contribution in [0.5, 0.6) is 0 Å². The maximum Gasteiger partial charge on any atom is 0.222 e. The average molecular weight is 523 g/mol. The summed E-state index contributed by atoms with van der Waals surface area (Å²) < 4.78 is 1.85. The van der Waals surface area contributed by atoms with Gasteiger partial charge in [-0.25, -0.2) is 0 Å². The quantitative estimate of drug-likeness (QED) is 0.524. The number of amides is 1. The van der Waals surface area contributed by atoms with E-state index in [1.165, 1.54) is 38.5 Å². The van der Waals surface area contributed by atoms with Crippen molar-refractivity contribution in [1.29, 1.82) is 0 Å². The Morgan fingerprint density at radius 2 is 1.89 bits per heavy atom. The van der Waals surface area contributed by atoms with Crippen molar-refractivity contribution < 1.29 is 9.90 Å². The van der Waals surface area contributed by atoms with E-state index in [9.17, 15) is 9.90 Å². The van der Waals surface area contributed by atoms with Gasteiger partial charge in [-0.2, -0.15) is 5.10 Å². The van der Waals surface area contributed by atoms with Gasteiger partial charge in [0, 0.05) is 45.8 Å². The van der Waals surface area contributed by atoms with E-state index in [1.54, 1.807) is 5.57 Å². The molecule has 3 saturated carbocycles. The zero-order chi connectivity index (χ0) is 26.7. The van der Waals surface area contributed by atoms with Crippen LogP contribution < -0.4 is 4.90 Å². The van der Waals surface area contributed by atoms with Crippen LogP contribution in [0.25, 0.3) is 0 Å². The van der Waals surface area contributed by atoms with Gasteiger partial charge in [0.15, 0.2) is 0 Å². The van der Waals surface area contributed by atoms with Crippen LogP contribution in [0.3, 0.4) is 0 Å². The van der Waals surface area contributed by atoms with Crippen LogP contribution in [0.15, 0.2) is 24.0 Å². The minimum atomic E-state index is -0.121. The van der Waals surface area contributed by atoms with Crippen LogP contribution in [0.1, 0.15) is 85.0 Å². The number of nitrogens with zero attached hydrogens (tertiary/aromatic N) is 4. The van der Waals surface area contributed by atoms with Crippen molar-refractivity contribution in [2.75, 3.05) is 31.1 Å². The molecule has 2 heterocycles. The van der Waals surface area contributed by atoms with Crippen LogP contribution in [0.4, 0.5) is 5.69 Å². The van der Waals surface area contributed by atoms with Crippen LogP contribution in [0, 0.1) is 40.4 Å². The van der Waals surface area contributed by atoms with Crippen molar-refractivity contribution in [3.8, 4) is 0 Å². The molecule has 4 fully saturated rings. The third-order valence-corrected chi connectivity index (χ3v) is 12.3. The molecule has 0 aromatic carbocycles. The summed E-state index contributed by atoms with van der Waals surface area (Å²) in [6.07, 6.45) is 17.8. The van der Waals surface area contributed by atoms with Gasteiger partial charge in [-0.05, 0) is 98.2 Å². The molecule has 6 heteroatoms. The van der Waals surface area contributed by atoms with E-state index in [2.05, 4.69) is 47.9 Å². The van der Waals surface area contributed by atoms with Gasteiger partial charge < -0.3 is 14.9 Å². The largest absolute Gasteiger partial charge is 0.393 e. The average Bonchev–Trinajstić information content (AvgIpc) is 3.50. The second kappa shape index (κ2) is 9.98. The monoisotopic (exact) mass is 522 g/mol. The van der Waals surface area contributed by atoms with Crippen molar-refractivity contribution in [3.05, 3.63) is 24.0 Å². The van der Waals surface area contributed by atoms with Crippen LogP contribution in [-0.2, 0) is 11.8 Å². The summed E-state index contributed by atoms with van der Waals surface area (Å²) in [6, 6.07) is 0. The van der Waals surface area contributed by atoms with Crippen molar-refractivity contribution >= 4 is 11.6 Å². The molecular formula is C32H50N4O2. The van der Waals surface area contributed by atoms with E-state index in [0.29, 0.717) is 29.1 Å². The van der Waals surface area contributed by atoms with E-state index < -0.39 is 0 Å². The van der Waals surface area contributed by atoms with Gasteiger partial charge in [-0.15, -0.1) is 0 Å². The molecule has 1 aromatic heterocycles. The number of allylic oxidation sites excluding steroid dienone is 1. The van der Waals surface area contributed by atoms with Crippen molar-refractivity contribution in [2.45, 2.75) is 91.1 Å². The predicted octanol–water partition coefficient (Wildman–Crippen LogP) is 5.42. The molecule has 0 bridgehead atoms. The van der Waals surface area contributed by atoms with Crippen LogP contribution >= 0.6 is 0 Å². The summed E-state index contributed by atoms with van der Waals surface area (Å²) in [6.45, 7) is 11.0. The normalized spacial score (nSPS) is 39.7. The number of rotatable bonds is 5. The Kier molecular flexibility index (Phi) is 6.93. The van der Waals surface area contributed by atoms with E-state index in [1.807, 2.05) is 17.9 Å². The first-order valence-corrected chi connectivity index (χ1v) is 15.6. The van der Waals surface area contributed by atoms with Crippen LogP contribution in [0.2, 0.25) is 0 Å². The number of anilines is 1. The fourth-order valence-electron chi connectivity index (χ4n) is 10.1. The summed E-state index contributed by atoms with van der Waals surface area (Å²) in [5.41, 5.74) is 3.48. The van der Waals surface area contributed by atoms with Gasteiger partial charge in [0.25, 0.3) is 0 Å². The topological polar surface area (TPSA) is 61.6 Å². The Balaban J connectivity index is 1.04. The first-order valence-electron chi connectivity index (χ1n) is 15.6. The molecule has 4 aliphatic carbocycles. The Hall–Kier alpha value is -1.82. The number of aryl methyl sites for hydroxylation is 1. The molecule has 0 radical (unpaired) electrons. The van der Waals surface area contributed by atoms with Crippen molar-refractivity contribution in [1.82, 2.24) is 14.7 Å². The molecule has 1 aliphatic heterocycles. The second-order valence-electron chi connectivity index (χ2n) is 14.1. The summed E-state index contributed by atoms with van der Waals surface area (Å²) in [7, 11) is 1.95. The third-order valence-electron chi connectivity index (χ3n) is 12.3. The number of hydrogen-bond acceptors (Lipinski definition) is 4. The Morgan fingerprint density at radius 3 is 2.63 bits per heavy atom. The fourth-order valence-corrected chi connectivity index (χ4v) is 10.1. The SMILES string of the molecule is CC(CCC(=O)N1CCN(c2cnn(C)c2)CC1)[C@H]1CC[C@H]2[C@@H]3CC=C4C[C@@H](O)CC[C@]4(C)[C@H]3CC[C@]12C. The smallest absolute Gasteiger partial charge is 0.222 e. The lowest BCUT2D eigenvalue weighted by Crippen LogP contribution is -2.51. The summed E-state index contributed by atoms with van der Waals surface area (Å²) in [5, 5.41) is 14.6. The highest BCUT2D eigenvalue weighted by Gasteiger charge is 2.59. The zero-order valence-corrected chi connectivity index (χ0v) is 24.2. The molecule has 6 rings (SSSR count). The number of carbonyl (C=O) groups excluding carboxylic acids is 1. The lowest BCUT2D eigenvalue weighted by Gasteiger charge is -2.58. The molecule has 1 unspecified atom stereocenters. The Morgan fingerprint density at radius 1 is 1.11 bits per heavy atom. The van der Waals surface area contributed by atoms with Gasteiger partial charge in [0.1, 0.15) is 0 Å². The molecule has 6 nitrogen and oxygen atoms in total. The van der Waals surface area contributed by atoms with Gasteiger partial charge in [-0.3, -0.25) is 9.48 Å². The number of fused-ring (bicyclic) bond motifs is 5. The van der Waals surface area contributed by atoms with E-state index in [0.717, 1.165) is 74.8 Å². The standard InChI is InChI=1S/C32H50N4O2/c1-22(5-10-30(38)36-17-15-35(16-18-36)24-20-33-34(4)21-24)27-8-9-28-26-7-6-23-19-25(37)11-13-31(23,2)29(26)12-14-32(27,28)3/h6,20-22,25-29,37H,5,7-19H2,1-4H3/t22?,25-,26-,27+,28-,29-,31-,32+/m0/s1. The van der Waals surface area contributed by atoms with Crippen molar-refractivity contribution in [3.63, 3.8) is 0 Å². The number of carbonyl (C=O) groups is 1. The number of aromatic nitrogens is 2. The maximum atomic E-state index is 13.2. The second-order valence-corrected chi connectivity index (χ2v) is 14.1. The number of aliphatic hydroxyl groups excluding tert-OH is 1. The fraction of sp³-hybridized carbons (Fsp3) is 0.812. The summed E-state index contributed by atoms with van der Waals surface area (Å²) >= 11 is 0. The number of piperazine rings is 1. The lowest BCUT2D eigenvalue weighted by atomic mass is 9.47. The first-order chi connectivity index (χ1) is 18.2. The molecule has 210 valence electrons. The molecule has 8 atom stereocenters. The van der Waals surface area contributed by atoms with Gasteiger partial charge in [0.2, 0.25) is 5.91 Å². The minimum Gasteiger partial charge on any atom is -0.393 e. The van der Waals surface area contributed by atoms with Gasteiger partial charge in [0.05, 0.1) is 18.0 Å². The van der Waals surface area contributed by atoms with Crippen molar-refractivity contribution in [2.24, 2.45) is 47.5 Å². The predicted molar refractivity (Wildman–Crippen MR) is 152 cm³/mol. The van der Waals surface area contributed by atoms with Crippen LogP contribution in [-0.4, -0.2) is 58.0 Å². The molecule has 38 heavy (non-hydrogen) atoms. The molecule has 1 amide bonds. The Bertz CT molecular complexity index is 1060. The Labute approximate surface area is 229 Å². The highest BCUT2D eigenvalue weighted by atomic mass is 16.3. The number of hydrogen-bond donors (Lipinski definition) is 1. The first kappa shape index (κ1) is 26.4.